The summed E-state index contributed by atoms with van der Waals surface area (Å²) in [7, 11) is 1.63. The Labute approximate surface area is 75.2 Å². The van der Waals surface area contributed by atoms with E-state index in [-0.39, 0.29) is 12.5 Å². The van der Waals surface area contributed by atoms with Crippen molar-refractivity contribution in [2.24, 2.45) is 0 Å². The van der Waals surface area contributed by atoms with Crippen LogP contribution in [0, 0.1) is 0 Å². The predicted molar refractivity (Wildman–Crippen MR) is 51.0 cm³/mol. The van der Waals surface area contributed by atoms with Gasteiger partial charge in [-0.1, -0.05) is 20.3 Å². The Morgan fingerprint density at radius 2 is 1.83 bits per heavy atom. The fraction of sp³-hybridized carbons (Fsp3) is 0.889. The van der Waals surface area contributed by atoms with Gasteiger partial charge in [-0.2, -0.15) is 0 Å². The molecular weight excluding hydrogens is 154 g/mol. The van der Waals surface area contributed by atoms with E-state index in [4.69, 9.17) is 5.11 Å². The maximum Gasteiger partial charge on any atom is 0.219 e. The number of unbranched alkanes of at least 4 members (excludes halogenated alkanes) is 2. The Bertz CT molecular complexity index is 94.5. The Morgan fingerprint density at radius 1 is 1.25 bits per heavy atom. The number of amides is 1. The van der Waals surface area contributed by atoms with Crippen LogP contribution in [-0.2, 0) is 4.79 Å². The highest BCUT2D eigenvalue weighted by molar-refractivity contribution is 5.75. The first-order valence-electron chi connectivity index (χ1n) is 4.62. The van der Waals surface area contributed by atoms with Gasteiger partial charge in [0.25, 0.3) is 0 Å². The van der Waals surface area contributed by atoms with Crippen LogP contribution < -0.4 is 5.32 Å². The standard InChI is InChI=1S/C7H15NO2.C2H6/c1-8-7(10)5-3-2-4-6-9;1-2/h9H,2-6H2,1H3,(H,8,10);1-2H3. The van der Waals surface area contributed by atoms with Crippen LogP contribution in [0.4, 0.5) is 0 Å². The minimum Gasteiger partial charge on any atom is -0.396 e. The maximum absolute atomic E-state index is 10.6. The third-order valence-corrected chi connectivity index (χ3v) is 1.34. The molecule has 0 heterocycles. The van der Waals surface area contributed by atoms with Crippen molar-refractivity contribution < 1.29 is 9.90 Å². The Morgan fingerprint density at radius 3 is 2.25 bits per heavy atom. The molecule has 0 saturated carbocycles. The highest BCUT2D eigenvalue weighted by Crippen LogP contribution is 1.97. The molecule has 0 aliphatic carbocycles. The summed E-state index contributed by atoms with van der Waals surface area (Å²) in [6.45, 7) is 4.23. The minimum absolute atomic E-state index is 0.0814. The van der Waals surface area contributed by atoms with E-state index in [1.807, 2.05) is 13.8 Å². The molecule has 2 N–H and O–H groups in total. The zero-order chi connectivity index (χ0) is 9.82. The SMILES string of the molecule is CC.CNC(=O)CCCCCO. The molecule has 74 valence electrons. The van der Waals surface area contributed by atoms with E-state index in [1.54, 1.807) is 7.05 Å². The van der Waals surface area contributed by atoms with Crippen LogP contribution >= 0.6 is 0 Å². The van der Waals surface area contributed by atoms with Crippen molar-refractivity contribution in [1.29, 1.82) is 0 Å². The Kier molecular flexibility index (Phi) is 15.2. The molecule has 0 aromatic heterocycles. The van der Waals surface area contributed by atoms with Crippen molar-refractivity contribution in [2.75, 3.05) is 13.7 Å². The van der Waals surface area contributed by atoms with Crippen LogP contribution in [0.1, 0.15) is 39.5 Å². The van der Waals surface area contributed by atoms with Gasteiger partial charge in [0.15, 0.2) is 0 Å². The number of hydrogen-bond acceptors (Lipinski definition) is 2. The second-order valence-electron chi connectivity index (χ2n) is 2.21. The molecule has 0 aromatic carbocycles. The molecular formula is C9H21NO2. The van der Waals surface area contributed by atoms with Crippen LogP contribution in [0.15, 0.2) is 0 Å². The molecule has 3 nitrogen and oxygen atoms in total. The van der Waals surface area contributed by atoms with Gasteiger partial charge in [0, 0.05) is 20.1 Å². The molecule has 0 rings (SSSR count). The number of aliphatic hydroxyl groups is 1. The largest absolute Gasteiger partial charge is 0.396 e. The molecule has 0 aromatic rings. The summed E-state index contributed by atoms with van der Waals surface area (Å²) in [4.78, 5) is 10.6. The summed E-state index contributed by atoms with van der Waals surface area (Å²) in [5.74, 6) is 0.0814. The minimum atomic E-state index is 0.0814. The van der Waals surface area contributed by atoms with Crippen molar-refractivity contribution in [1.82, 2.24) is 5.32 Å². The Balaban J connectivity index is 0. The lowest BCUT2D eigenvalue weighted by Gasteiger charge is -1.97. The molecule has 0 unspecified atom stereocenters. The molecule has 0 bridgehead atoms. The monoisotopic (exact) mass is 175 g/mol. The number of aliphatic hydroxyl groups excluding tert-OH is 1. The number of nitrogens with one attached hydrogen (secondary N) is 1. The topological polar surface area (TPSA) is 49.3 Å². The van der Waals surface area contributed by atoms with E-state index >= 15 is 0 Å². The summed E-state index contributed by atoms with van der Waals surface area (Å²) in [6, 6.07) is 0. The molecule has 0 radical (unpaired) electrons. The molecule has 0 aliphatic heterocycles. The van der Waals surface area contributed by atoms with E-state index in [0.717, 1.165) is 19.3 Å². The lowest BCUT2D eigenvalue weighted by molar-refractivity contribution is -0.120. The third-order valence-electron chi connectivity index (χ3n) is 1.34. The van der Waals surface area contributed by atoms with Gasteiger partial charge in [0.1, 0.15) is 0 Å². The van der Waals surface area contributed by atoms with E-state index in [9.17, 15) is 4.79 Å². The summed E-state index contributed by atoms with van der Waals surface area (Å²) in [5.41, 5.74) is 0. The number of hydrogen-bond donors (Lipinski definition) is 2. The normalized spacial score (nSPS) is 8.33. The fourth-order valence-corrected chi connectivity index (χ4v) is 0.699. The first-order valence-corrected chi connectivity index (χ1v) is 4.62. The predicted octanol–water partition coefficient (Wildman–Crippen LogP) is 1.31. The van der Waals surface area contributed by atoms with E-state index in [2.05, 4.69) is 5.32 Å². The first-order chi connectivity index (χ1) is 5.81. The highest BCUT2D eigenvalue weighted by Gasteiger charge is 1.95. The van der Waals surface area contributed by atoms with Crippen molar-refractivity contribution in [3.05, 3.63) is 0 Å². The molecule has 0 spiro atoms. The van der Waals surface area contributed by atoms with Crippen LogP contribution in [0.3, 0.4) is 0 Å². The van der Waals surface area contributed by atoms with Gasteiger partial charge in [0.05, 0.1) is 0 Å². The van der Waals surface area contributed by atoms with Gasteiger partial charge in [-0.15, -0.1) is 0 Å². The molecule has 12 heavy (non-hydrogen) atoms. The zero-order valence-electron chi connectivity index (χ0n) is 8.39. The first kappa shape index (κ1) is 14.0. The summed E-state index contributed by atoms with van der Waals surface area (Å²) < 4.78 is 0. The average Bonchev–Trinajstić information content (AvgIpc) is 2.15. The fourth-order valence-electron chi connectivity index (χ4n) is 0.699. The lowest BCUT2D eigenvalue weighted by Crippen LogP contribution is -2.16. The average molecular weight is 175 g/mol. The third kappa shape index (κ3) is 12.1. The number of carbonyl (C=O) groups excluding carboxylic acids is 1. The van der Waals surface area contributed by atoms with Gasteiger partial charge in [-0.05, 0) is 12.8 Å². The van der Waals surface area contributed by atoms with E-state index < -0.39 is 0 Å². The quantitative estimate of drug-likeness (QED) is 0.619. The molecule has 0 atom stereocenters. The van der Waals surface area contributed by atoms with Gasteiger partial charge in [-0.25, -0.2) is 0 Å². The number of rotatable bonds is 5. The Hall–Kier alpha value is -0.570. The van der Waals surface area contributed by atoms with Gasteiger partial charge >= 0.3 is 0 Å². The zero-order valence-corrected chi connectivity index (χ0v) is 8.39. The molecule has 0 aliphatic rings. The molecule has 1 amide bonds. The molecule has 3 heteroatoms. The van der Waals surface area contributed by atoms with E-state index in [1.165, 1.54) is 0 Å². The van der Waals surface area contributed by atoms with Gasteiger partial charge in [-0.3, -0.25) is 4.79 Å². The van der Waals surface area contributed by atoms with Crippen molar-refractivity contribution >= 4 is 5.91 Å². The van der Waals surface area contributed by atoms with Crippen LogP contribution in [0.25, 0.3) is 0 Å². The van der Waals surface area contributed by atoms with Crippen LogP contribution in [-0.4, -0.2) is 24.7 Å². The molecule has 0 fully saturated rings. The summed E-state index contributed by atoms with van der Waals surface area (Å²) in [5, 5.41) is 10.9. The summed E-state index contributed by atoms with van der Waals surface area (Å²) >= 11 is 0. The van der Waals surface area contributed by atoms with Crippen molar-refractivity contribution in [3.63, 3.8) is 0 Å². The maximum atomic E-state index is 10.6. The van der Waals surface area contributed by atoms with Crippen LogP contribution in [0.2, 0.25) is 0 Å². The van der Waals surface area contributed by atoms with E-state index in [0.29, 0.717) is 6.42 Å². The van der Waals surface area contributed by atoms with Crippen molar-refractivity contribution in [2.45, 2.75) is 39.5 Å². The lowest BCUT2D eigenvalue weighted by atomic mass is 10.2. The van der Waals surface area contributed by atoms with Gasteiger partial charge in [0.2, 0.25) is 5.91 Å². The summed E-state index contributed by atoms with van der Waals surface area (Å²) in [6.07, 6.45) is 3.19. The number of carbonyl (C=O) groups is 1. The van der Waals surface area contributed by atoms with Gasteiger partial charge < -0.3 is 10.4 Å². The van der Waals surface area contributed by atoms with Crippen LogP contribution in [0.5, 0.6) is 0 Å². The second-order valence-corrected chi connectivity index (χ2v) is 2.21. The highest BCUT2D eigenvalue weighted by atomic mass is 16.2. The second kappa shape index (κ2) is 13.1. The van der Waals surface area contributed by atoms with Crippen molar-refractivity contribution in [3.8, 4) is 0 Å². The molecule has 0 saturated heterocycles. The smallest absolute Gasteiger partial charge is 0.219 e.